The SMILES string of the molecule is C=CCN(C(C)CCCNCC)C1CC1. The fourth-order valence-corrected chi connectivity index (χ4v) is 2.11. The van der Waals surface area contributed by atoms with Crippen molar-refractivity contribution in [3.05, 3.63) is 12.7 Å². The van der Waals surface area contributed by atoms with Crippen LogP contribution in [0.3, 0.4) is 0 Å². The van der Waals surface area contributed by atoms with Gasteiger partial charge >= 0.3 is 0 Å². The van der Waals surface area contributed by atoms with Crippen LogP contribution in [-0.2, 0) is 0 Å². The maximum atomic E-state index is 3.85. The summed E-state index contributed by atoms with van der Waals surface area (Å²) in [5.41, 5.74) is 0. The summed E-state index contributed by atoms with van der Waals surface area (Å²) in [6.45, 7) is 11.7. The molecule has 0 aromatic carbocycles. The van der Waals surface area contributed by atoms with E-state index in [-0.39, 0.29) is 0 Å². The minimum absolute atomic E-state index is 0.717. The van der Waals surface area contributed by atoms with E-state index in [1.807, 2.05) is 6.08 Å². The van der Waals surface area contributed by atoms with E-state index in [2.05, 4.69) is 30.6 Å². The highest BCUT2D eigenvalue weighted by atomic mass is 15.2. The Morgan fingerprint density at radius 1 is 1.53 bits per heavy atom. The fraction of sp³-hybridized carbons (Fsp3) is 0.846. The van der Waals surface area contributed by atoms with Gasteiger partial charge in [0.2, 0.25) is 0 Å². The molecule has 1 atom stereocenters. The Bertz CT molecular complexity index is 175. The Labute approximate surface area is 94.7 Å². The highest BCUT2D eigenvalue weighted by Gasteiger charge is 2.30. The molecule has 2 nitrogen and oxygen atoms in total. The van der Waals surface area contributed by atoms with Crippen LogP contribution in [0.15, 0.2) is 12.7 Å². The van der Waals surface area contributed by atoms with Gasteiger partial charge in [-0.1, -0.05) is 13.0 Å². The van der Waals surface area contributed by atoms with E-state index in [1.54, 1.807) is 0 Å². The van der Waals surface area contributed by atoms with E-state index in [0.717, 1.165) is 25.7 Å². The average molecular weight is 210 g/mol. The first-order valence-corrected chi connectivity index (χ1v) is 6.37. The molecule has 0 aromatic heterocycles. The predicted octanol–water partition coefficient (Wildman–Crippen LogP) is 2.42. The molecule has 0 saturated heterocycles. The van der Waals surface area contributed by atoms with Crippen LogP contribution >= 0.6 is 0 Å². The Balaban J connectivity index is 2.16. The van der Waals surface area contributed by atoms with E-state index in [1.165, 1.54) is 25.7 Å². The monoisotopic (exact) mass is 210 g/mol. The molecule has 2 heteroatoms. The smallest absolute Gasteiger partial charge is 0.0166 e. The number of nitrogens with zero attached hydrogens (tertiary/aromatic N) is 1. The number of hydrogen-bond donors (Lipinski definition) is 1. The molecule has 0 aromatic rings. The maximum Gasteiger partial charge on any atom is 0.0166 e. The van der Waals surface area contributed by atoms with Gasteiger partial charge in [0.1, 0.15) is 0 Å². The van der Waals surface area contributed by atoms with Crippen molar-refractivity contribution in [3.63, 3.8) is 0 Å². The second-order valence-electron chi connectivity index (χ2n) is 4.56. The third kappa shape index (κ3) is 4.80. The van der Waals surface area contributed by atoms with Gasteiger partial charge < -0.3 is 5.32 Å². The summed E-state index contributed by atoms with van der Waals surface area (Å²) in [7, 11) is 0. The fourth-order valence-electron chi connectivity index (χ4n) is 2.11. The first-order chi connectivity index (χ1) is 7.29. The van der Waals surface area contributed by atoms with E-state index in [4.69, 9.17) is 0 Å². The van der Waals surface area contributed by atoms with Crippen LogP contribution in [0.5, 0.6) is 0 Å². The lowest BCUT2D eigenvalue weighted by atomic mass is 10.1. The van der Waals surface area contributed by atoms with Crippen molar-refractivity contribution in [1.29, 1.82) is 0 Å². The van der Waals surface area contributed by atoms with E-state index >= 15 is 0 Å². The molecule has 0 aliphatic heterocycles. The second kappa shape index (κ2) is 7.02. The normalized spacial score (nSPS) is 18.1. The molecule has 1 N–H and O–H groups in total. The van der Waals surface area contributed by atoms with Crippen molar-refractivity contribution in [2.75, 3.05) is 19.6 Å². The van der Waals surface area contributed by atoms with Crippen molar-refractivity contribution in [1.82, 2.24) is 10.2 Å². The van der Waals surface area contributed by atoms with Crippen LogP contribution in [0.4, 0.5) is 0 Å². The maximum absolute atomic E-state index is 3.85. The van der Waals surface area contributed by atoms with Crippen LogP contribution in [0.2, 0.25) is 0 Å². The van der Waals surface area contributed by atoms with Crippen LogP contribution in [-0.4, -0.2) is 36.6 Å². The van der Waals surface area contributed by atoms with Crippen molar-refractivity contribution < 1.29 is 0 Å². The summed E-state index contributed by atoms with van der Waals surface area (Å²) < 4.78 is 0. The molecule has 0 radical (unpaired) electrons. The van der Waals surface area contributed by atoms with E-state index < -0.39 is 0 Å². The van der Waals surface area contributed by atoms with Crippen molar-refractivity contribution in [2.24, 2.45) is 0 Å². The van der Waals surface area contributed by atoms with Crippen molar-refractivity contribution >= 4 is 0 Å². The second-order valence-corrected chi connectivity index (χ2v) is 4.56. The molecule has 1 unspecified atom stereocenters. The van der Waals surface area contributed by atoms with Gasteiger partial charge in [0.05, 0.1) is 0 Å². The lowest BCUT2D eigenvalue weighted by Gasteiger charge is -2.28. The van der Waals surface area contributed by atoms with Gasteiger partial charge in [-0.3, -0.25) is 4.90 Å². The van der Waals surface area contributed by atoms with Crippen molar-refractivity contribution in [2.45, 2.75) is 51.6 Å². The molecule has 1 aliphatic rings. The molecular weight excluding hydrogens is 184 g/mol. The van der Waals surface area contributed by atoms with Crippen LogP contribution in [0, 0.1) is 0 Å². The van der Waals surface area contributed by atoms with Crippen LogP contribution in [0.1, 0.15) is 39.5 Å². The molecule has 0 bridgehead atoms. The molecule has 88 valence electrons. The predicted molar refractivity (Wildman–Crippen MR) is 67.2 cm³/mol. The zero-order valence-electron chi connectivity index (χ0n) is 10.3. The quantitative estimate of drug-likeness (QED) is 0.464. The number of rotatable bonds is 9. The van der Waals surface area contributed by atoms with E-state index in [0.29, 0.717) is 6.04 Å². The summed E-state index contributed by atoms with van der Waals surface area (Å²) in [5.74, 6) is 0. The van der Waals surface area contributed by atoms with Crippen LogP contribution < -0.4 is 5.32 Å². The molecule has 0 amide bonds. The first kappa shape index (κ1) is 12.7. The van der Waals surface area contributed by atoms with Gasteiger partial charge in [-0.2, -0.15) is 0 Å². The Hall–Kier alpha value is -0.340. The van der Waals surface area contributed by atoms with Gasteiger partial charge in [0.25, 0.3) is 0 Å². The van der Waals surface area contributed by atoms with Crippen molar-refractivity contribution in [3.8, 4) is 0 Å². The lowest BCUT2D eigenvalue weighted by molar-refractivity contribution is 0.208. The summed E-state index contributed by atoms with van der Waals surface area (Å²) in [4.78, 5) is 2.61. The summed E-state index contributed by atoms with van der Waals surface area (Å²) in [5, 5.41) is 3.38. The molecule has 1 aliphatic carbocycles. The lowest BCUT2D eigenvalue weighted by Crippen LogP contribution is -2.35. The molecule has 1 rings (SSSR count). The summed E-state index contributed by atoms with van der Waals surface area (Å²) in [6.07, 6.45) is 7.42. The third-order valence-corrected chi connectivity index (χ3v) is 3.15. The van der Waals surface area contributed by atoms with Crippen LogP contribution in [0.25, 0.3) is 0 Å². The summed E-state index contributed by atoms with van der Waals surface area (Å²) >= 11 is 0. The molecule has 15 heavy (non-hydrogen) atoms. The average Bonchev–Trinajstić information content (AvgIpc) is 3.04. The number of hydrogen-bond acceptors (Lipinski definition) is 2. The molecule has 1 fully saturated rings. The molecule has 0 spiro atoms. The highest BCUT2D eigenvalue weighted by molar-refractivity contribution is 4.90. The first-order valence-electron chi connectivity index (χ1n) is 6.37. The largest absolute Gasteiger partial charge is 0.317 e. The Morgan fingerprint density at radius 2 is 2.27 bits per heavy atom. The highest BCUT2D eigenvalue weighted by Crippen LogP contribution is 2.29. The molecule has 1 saturated carbocycles. The van der Waals surface area contributed by atoms with Gasteiger partial charge in [0.15, 0.2) is 0 Å². The van der Waals surface area contributed by atoms with Gasteiger partial charge in [-0.25, -0.2) is 0 Å². The minimum atomic E-state index is 0.717. The molecule has 0 heterocycles. The molecular formula is C13H26N2. The van der Waals surface area contributed by atoms with E-state index in [9.17, 15) is 0 Å². The third-order valence-electron chi connectivity index (χ3n) is 3.15. The summed E-state index contributed by atoms with van der Waals surface area (Å²) in [6, 6.07) is 1.58. The Kier molecular flexibility index (Phi) is 5.96. The number of nitrogens with one attached hydrogen (secondary N) is 1. The zero-order valence-corrected chi connectivity index (χ0v) is 10.3. The van der Waals surface area contributed by atoms with Gasteiger partial charge in [-0.05, 0) is 45.7 Å². The topological polar surface area (TPSA) is 15.3 Å². The Morgan fingerprint density at radius 3 is 2.80 bits per heavy atom. The van der Waals surface area contributed by atoms with Gasteiger partial charge in [0, 0.05) is 18.6 Å². The standard InChI is InChI=1S/C13H26N2/c1-4-11-15(13-8-9-13)12(3)7-6-10-14-5-2/h4,12-14H,1,5-11H2,2-3H3. The van der Waals surface area contributed by atoms with Gasteiger partial charge in [-0.15, -0.1) is 6.58 Å². The minimum Gasteiger partial charge on any atom is -0.317 e. The zero-order chi connectivity index (χ0) is 11.1.